The maximum atomic E-state index is 12.8. The van der Waals surface area contributed by atoms with Gasteiger partial charge in [0.15, 0.2) is 4.80 Å². The minimum absolute atomic E-state index is 0.269. The molecule has 1 heterocycles. The Bertz CT molecular complexity index is 1260. The Labute approximate surface area is 187 Å². The Morgan fingerprint density at radius 1 is 0.967 bits per heavy atom. The van der Waals surface area contributed by atoms with Crippen LogP contribution in [0.25, 0.3) is 21.7 Å². The van der Waals surface area contributed by atoms with E-state index in [1.165, 1.54) is 11.3 Å². The molecule has 6 heteroatoms. The van der Waals surface area contributed by atoms with Gasteiger partial charge in [-0.2, -0.15) is 4.99 Å². The molecular formula is C24H19BrN2O2S. The molecule has 0 N–H and O–H groups in total. The van der Waals surface area contributed by atoms with Gasteiger partial charge in [-0.3, -0.25) is 4.79 Å². The molecule has 0 atom stereocenters. The van der Waals surface area contributed by atoms with Crippen LogP contribution in [-0.4, -0.2) is 17.6 Å². The van der Waals surface area contributed by atoms with E-state index in [2.05, 4.69) is 33.1 Å². The number of ether oxygens (including phenoxy) is 1. The maximum Gasteiger partial charge on any atom is 0.279 e. The van der Waals surface area contributed by atoms with E-state index in [0.717, 1.165) is 31.9 Å². The van der Waals surface area contributed by atoms with E-state index >= 15 is 0 Å². The molecule has 0 aliphatic rings. The first-order valence-corrected chi connectivity index (χ1v) is 10.9. The largest absolute Gasteiger partial charge is 0.497 e. The lowest BCUT2D eigenvalue weighted by Crippen LogP contribution is -2.14. The molecule has 0 unspecified atom stereocenters. The number of rotatable bonds is 4. The Kier molecular flexibility index (Phi) is 5.97. The van der Waals surface area contributed by atoms with E-state index in [0.29, 0.717) is 10.4 Å². The number of hydrogen-bond donors (Lipinski definition) is 0. The summed E-state index contributed by atoms with van der Waals surface area (Å²) in [5, 5.41) is 0. The van der Waals surface area contributed by atoms with Gasteiger partial charge in [0.25, 0.3) is 5.91 Å². The molecule has 4 rings (SSSR count). The normalized spacial score (nSPS) is 11.5. The number of methoxy groups -OCH3 is 1. The molecule has 0 aliphatic carbocycles. The lowest BCUT2D eigenvalue weighted by molar-refractivity contribution is 0.0998. The Morgan fingerprint density at radius 2 is 1.70 bits per heavy atom. The summed E-state index contributed by atoms with van der Waals surface area (Å²) in [6.45, 7) is 0. The summed E-state index contributed by atoms with van der Waals surface area (Å²) in [7, 11) is 3.59. The summed E-state index contributed by atoms with van der Waals surface area (Å²) in [6, 6.07) is 25.3. The van der Waals surface area contributed by atoms with Gasteiger partial charge in [0.05, 0.1) is 17.7 Å². The first kappa shape index (κ1) is 20.3. The molecule has 1 aromatic heterocycles. The van der Waals surface area contributed by atoms with Crippen molar-refractivity contribution in [3.63, 3.8) is 0 Å². The fourth-order valence-electron chi connectivity index (χ4n) is 3.19. The van der Waals surface area contributed by atoms with Crippen LogP contribution in [0.15, 0.2) is 88.3 Å². The van der Waals surface area contributed by atoms with E-state index in [1.54, 1.807) is 19.2 Å². The van der Waals surface area contributed by atoms with Crippen molar-refractivity contribution in [2.24, 2.45) is 12.0 Å². The van der Waals surface area contributed by atoms with Gasteiger partial charge in [0.2, 0.25) is 0 Å². The number of carbonyl (C=O) groups excluding carboxylic acids is 1. The molecule has 30 heavy (non-hydrogen) atoms. The SMILES string of the molecule is COc1ccc(-c2c(-c3ccccc3)sc(=NC(=O)c3cccc(Br)c3)n2C)cc1. The molecule has 0 fully saturated rings. The van der Waals surface area contributed by atoms with Gasteiger partial charge in [0.1, 0.15) is 5.75 Å². The third-order valence-corrected chi connectivity index (χ3v) is 6.37. The number of aromatic nitrogens is 1. The van der Waals surface area contributed by atoms with Gasteiger partial charge in [0, 0.05) is 17.1 Å². The van der Waals surface area contributed by atoms with E-state index in [1.807, 2.05) is 66.2 Å². The summed E-state index contributed by atoms with van der Waals surface area (Å²) < 4.78 is 8.12. The summed E-state index contributed by atoms with van der Waals surface area (Å²) >= 11 is 4.92. The number of amides is 1. The summed E-state index contributed by atoms with van der Waals surface area (Å²) in [5.41, 5.74) is 3.67. The molecule has 0 aliphatic heterocycles. The predicted molar refractivity (Wildman–Crippen MR) is 125 cm³/mol. The molecule has 0 radical (unpaired) electrons. The third-order valence-electron chi connectivity index (χ3n) is 4.70. The first-order valence-electron chi connectivity index (χ1n) is 9.31. The average Bonchev–Trinajstić information content (AvgIpc) is 3.10. The average molecular weight is 479 g/mol. The third kappa shape index (κ3) is 4.15. The highest BCUT2D eigenvalue weighted by Gasteiger charge is 2.16. The molecule has 4 nitrogen and oxygen atoms in total. The van der Waals surface area contributed by atoms with Crippen LogP contribution in [0.5, 0.6) is 5.75 Å². The summed E-state index contributed by atoms with van der Waals surface area (Å²) in [5.74, 6) is 0.529. The molecule has 4 aromatic rings. The Morgan fingerprint density at radius 3 is 2.37 bits per heavy atom. The van der Waals surface area contributed by atoms with Crippen LogP contribution in [-0.2, 0) is 7.05 Å². The number of benzene rings is 3. The fraction of sp³-hybridized carbons (Fsp3) is 0.0833. The van der Waals surface area contributed by atoms with Gasteiger partial charge in [-0.25, -0.2) is 0 Å². The topological polar surface area (TPSA) is 43.6 Å². The highest BCUT2D eigenvalue weighted by Crippen LogP contribution is 2.34. The molecule has 0 bridgehead atoms. The Balaban J connectivity index is 1.88. The highest BCUT2D eigenvalue weighted by molar-refractivity contribution is 9.10. The van der Waals surface area contributed by atoms with Gasteiger partial charge >= 0.3 is 0 Å². The minimum atomic E-state index is -0.269. The second-order valence-electron chi connectivity index (χ2n) is 6.64. The Hall–Kier alpha value is -2.96. The van der Waals surface area contributed by atoms with Crippen molar-refractivity contribution in [1.82, 2.24) is 4.57 Å². The van der Waals surface area contributed by atoms with Gasteiger partial charge < -0.3 is 9.30 Å². The number of hydrogen-bond acceptors (Lipinski definition) is 3. The number of thiazole rings is 1. The van der Waals surface area contributed by atoms with Crippen molar-refractivity contribution in [1.29, 1.82) is 0 Å². The number of carbonyl (C=O) groups is 1. The molecular weight excluding hydrogens is 460 g/mol. The van der Waals surface area contributed by atoms with E-state index in [4.69, 9.17) is 4.74 Å². The summed E-state index contributed by atoms with van der Waals surface area (Å²) in [4.78, 5) is 18.9. The van der Waals surface area contributed by atoms with E-state index in [9.17, 15) is 4.79 Å². The molecule has 0 saturated carbocycles. The lowest BCUT2D eigenvalue weighted by Gasteiger charge is -2.08. The van der Waals surface area contributed by atoms with Crippen LogP contribution >= 0.6 is 27.3 Å². The van der Waals surface area contributed by atoms with Gasteiger partial charge in [-0.15, -0.1) is 0 Å². The van der Waals surface area contributed by atoms with Crippen molar-refractivity contribution in [3.05, 3.63) is 93.7 Å². The van der Waals surface area contributed by atoms with E-state index in [-0.39, 0.29) is 5.91 Å². The molecule has 3 aromatic carbocycles. The zero-order chi connectivity index (χ0) is 21.1. The van der Waals surface area contributed by atoms with Crippen molar-refractivity contribution in [2.45, 2.75) is 0 Å². The predicted octanol–water partition coefficient (Wildman–Crippen LogP) is 5.93. The lowest BCUT2D eigenvalue weighted by atomic mass is 10.1. The number of halogens is 1. The van der Waals surface area contributed by atoms with Crippen molar-refractivity contribution in [2.75, 3.05) is 7.11 Å². The fourth-order valence-corrected chi connectivity index (χ4v) is 4.73. The van der Waals surface area contributed by atoms with Crippen LogP contribution in [0.2, 0.25) is 0 Å². The zero-order valence-electron chi connectivity index (χ0n) is 16.5. The maximum absolute atomic E-state index is 12.8. The second-order valence-corrected chi connectivity index (χ2v) is 8.54. The first-order chi connectivity index (χ1) is 14.6. The molecule has 150 valence electrons. The monoisotopic (exact) mass is 478 g/mol. The van der Waals surface area contributed by atoms with Crippen LogP contribution < -0.4 is 9.54 Å². The van der Waals surface area contributed by atoms with Crippen molar-refractivity contribution < 1.29 is 9.53 Å². The zero-order valence-corrected chi connectivity index (χ0v) is 18.9. The standard InChI is InChI=1S/C24H19BrN2O2S/c1-27-21(16-11-13-20(29-2)14-12-16)22(17-7-4-3-5-8-17)30-24(27)26-23(28)18-9-6-10-19(25)15-18/h3-15H,1-2H3. The summed E-state index contributed by atoms with van der Waals surface area (Å²) in [6.07, 6.45) is 0. The second kappa shape index (κ2) is 8.81. The molecule has 0 spiro atoms. The van der Waals surface area contributed by atoms with Gasteiger partial charge in [-0.05, 0) is 53.6 Å². The smallest absolute Gasteiger partial charge is 0.279 e. The molecule has 1 amide bonds. The van der Waals surface area contributed by atoms with Crippen LogP contribution in [0, 0.1) is 0 Å². The van der Waals surface area contributed by atoms with Crippen LogP contribution in [0.1, 0.15) is 10.4 Å². The minimum Gasteiger partial charge on any atom is -0.497 e. The van der Waals surface area contributed by atoms with Crippen LogP contribution in [0.4, 0.5) is 0 Å². The number of nitrogens with zero attached hydrogens (tertiary/aromatic N) is 2. The van der Waals surface area contributed by atoms with Crippen molar-refractivity contribution >= 4 is 33.2 Å². The van der Waals surface area contributed by atoms with Crippen LogP contribution in [0.3, 0.4) is 0 Å². The molecule has 0 saturated heterocycles. The van der Waals surface area contributed by atoms with Gasteiger partial charge in [-0.1, -0.05) is 63.7 Å². The quantitative estimate of drug-likeness (QED) is 0.364. The highest BCUT2D eigenvalue weighted by atomic mass is 79.9. The van der Waals surface area contributed by atoms with E-state index < -0.39 is 0 Å². The van der Waals surface area contributed by atoms with Crippen molar-refractivity contribution in [3.8, 4) is 27.4 Å².